The number of aromatic nitrogens is 2. The van der Waals surface area contributed by atoms with Crippen molar-refractivity contribution in [3.05, 3.63) is 87.6 Å². The summed E-state index contributed by atoms with van der Waals surface area (Å²) in [4.78, 5) is 20.6. The monoisotopic (exact) mass is 676 g/mol. The predicted octanol–water partition coefficient (Wildman–Crippen LogP) is 5.10. The average molecular weight is 677 g/mol. The van der Waals surface area contributed by atoms with E-state index in [9.17, 15) is 13.2 Å². The Hall–Kier alpha value is -2.93. The van der Waals surface area contributed by atoms with E-state index in [0.29, 0.717) is 25.9 Å². The number of ether oxygens (including phenoxy) is 1. The summed E-state index contributed by atoms with van der Waals surface area (Å²) in [5, 5.41) is 6.60. The van der Waals surface area contributed by atoms with E-state index < -0.39 is 21.6 Å². The number of fused-ring (bicyclic) bond motifs is 4. The Morgan fingerprint density at radius 2 is 1.73 bits per heavy atom. The van der Waals surface area contributed by atoms with Crippen LogP contribution in [0.4, 0.5) is 0 Å². The third-order valence-electron chi connectivity index (χ3n) is 10.2. The first-order valence-electron chi connectivity index (χ1n) is 17.4. The second kappa shape index (κ2) is 14.5. The molecular formula is C37H52N6O4S. The van der Waals surface area contributed by atoms with Crippen molar-refractivity contribution < 1.29 is 13.2 Å². The Kier molecular flexibility index (Phi) is 10.6. The molecule has 1 aromatic heterocycles. The first kappa shape index (κ1) is 34.9. The fourth-order valence-electron chi connectivity index (χ4n) is 7.94. The van der Waals surface area contributed by atoms with E-state index in [0.717, 1.165) is 43.5 Å². The molecule has 3 aromatic rings. The highest BCUT2D eigenvalue weighted by Gasteiger charge is 2.39. The zero-order chi connectivity index (χ0) is 34.1. The predicted molar refractivity (Wildman–Crippen MR) is 189 cm³/mol. The summed E-state index contributed by atoms with van der Waals surface area (Å²) in [6, 6.07) is 14.8. The lowest BCUT2D eigenvalue weighted by Crippen LogP contribution is -2.64. The van der Waals surface area contributed by atoms with E-state index >= 15 is 0 Å². The quantitative estimate of drug-likeness (QED) is 0.294. The molecule has 1 aliphatic carbocycles. The molecule has 6 rings (SSSR count). The summed E-state index contributed by atoms with van der Waals surface area (Å²) in [7, 11) is -3.60. The van der Waals surface area contributed by atoms with Crippen LogP contribution in [0.25, 0.3) is 11.1 Å². The van der Waals surface area contributed by atoms with Crippen LogP contribution in [-0.2, 0) is 21.3 Å². The van der Waals surface area contributed by atoms with Crippen molar-refractivity contribution in [3.8, 4) is 11.1 Å². The number of H-pyrrole nitrogens is 1. The summed E-state index contributed by atoms with van der Waals surface area (Å²) in [6.07, 6.45) is 7.16. The van der Waals surface area contributed by atoms with Gasteiger partial charge in [0.05, 0.1) is 11.9 Å². The minimum Gasteiger partial charge on any atom is -0.362 e. The fraction of sp³-hybridized carbons (Fsp3) is 0.568. The van der Waals surface area contributed by atoms with Crippen LogP contribution in [0, 0.1) is 25.2 Å². The molecule has 2 saturated heterocycles. The number of benzene rings is 2. The van der Waals surface area contributed by atoms with Crippen molar-refractivity contribution in [1.29, 1.82) is 0 Å². The van der Waals surface area contributed by atoms with Gasteiger partial charge >= 0.3 is 5.69 Å². The first-order valence-corrected chi connectivity index (χ1v) is 19.0. The van der Waals surface area contributed by atoms with Gasteiger partial charge in [-0.05, 0) is 78.7 Å². The van der Waals surface area contributed by atoms with Crippen LogP contribution in [0.2, 0.25) is 0 Å². The van der Waals surface area contributed by atoms with E-state index in [4.69, 9.17) is 4.74 Å². The van der Waals surface area contributed by atoms with Gasteiger partial charge in [0.1, 0.15) is 12.5 Å². The third kappa shape index (κ3) is 8.61. The van der Waals surface area contributed by atoms with Crippen LogP contribution in [-0.4, -0.2) is 60.2 Å². The molecule has 0 radical (unpaired) electrons. The van der Waals surface area contributed by atoms with Crippen LogP contribution in [0.1, 0.15) is 87.6 Å². The summed E-state index contributed by atoms with van der Waals surface area (Å²) < 4.78 is 37.6. The van der Waals surface area contributed by atoms with Crippen molar-refractivity contribution in [1.82, 2.24) is 30.2 Å². The Labute approximate surface area is 285 Å². The number of rotatable bonds is 5. The molecule has 1 saturated carbocycles. The highest BCUT2D eigenvalue weighted by atomic mass is 32.2. The smallest absolute Gasteiger partial charge is 0.344 e. The van der Waals surface area contributed by atoms with E-state index in [1.165, 1.54) is 22.3 Å². The maximum Gasteiger partial charge on any atom is 0.344 e. The van der Waals surface area contributed by atoms with Gasteiger partial charge in [-0.25, -0.2) is 18.2 Å². The molecule has 6 atom stereocenters. The molecule has 3 heterocycles. The van der Waals surface area contributed by atoms with Gasteiger partial charge in [0.2, 0.25) is 10.0 Å². The number of aromatic amines is 1. The molecule has 2 aliphatic heterocycles. The van der Waals surface area contributed by atoms with Crippen molar-refractivity contribution in [3.63, 3.8) is 0 Å². The molecule has 0 amide bonds. The summed E-state index contributed by atoms with van der Waals surface area (Å²) >= 11 is 0. The molecular weight excluding hydrogens is 625 g/mol. The lowest BCUT2D eigenvalue weighted by atomic mass is 9.85. The topological polar surface area (TPSA) is 128 Å². The molecule has 10 nitrogen and oxygen atoms in total. The minimum atomic E-state index is -3.60. The van der Waals surface area contributed by atoms with Crippen LogP contribution in [0.15, 0.2) is 59.7 Å². The molecule has 4 N–H and O–H groups in total. The minimum absolute atomic E-state index is 0.0617. The molecule has 5 unspecified atom stereocenters. The van der Waals surface area contributed by atoms with Gasteiger partial charge in [-0.1, -0.05) is 69.7 Å². The largest absolute Gasteiger partial charge is 0.362 e. The first-order chi connectivity index (χ1) is 22.8. The van der Waals surface area contributed by atoms with Gasteiger partial charge in [-0.15, -0.1) is 0 Å². The highest BCUT2D eigenvalue weighted by molar-refractivity contribution is 7.90. The maximum atomic E-state index is 13.9. The van der Waals surface area contributed by atoms with Gasteiger partial charge < -0.3 is 9.72 Å². The van der Waals surface area contributed by atoms with E-state index in [1.54, 1.807) is 12.4 Å². The SMILES string of the molecule is Cc1cccc(C)c1C1CC2NC(N1)NS(=O)(=O)C1CCCC(C1)CN(Cc1ccc(-c3cnc(=O)[nH]c3)cc1)[C@H](CC(C)(C)C)CO2. The highest BCUT2D eigenvalue weighted by Crippen LogP contribution is 2.34. The van der Waals surface area contributed by atoms with Gasteiger partial charge in [0, 0.05) is 49.6 Å². The van der Waals surface area contributed by atoms with Crippen LogP contribution in [0.3, 0.4) is 0 Å². The zero-order valence-corrected chi connectivity index (χ0v) is 29.8. The number of nitrogens with one attached hydrogen (secondary N) is 4. The Morgan fingerprint density at radius 1 is 0.979 bits per heavy atom. The van der Waals surface area contributed by atoms with Crippen LogP contribution in [0.5, 0.6) is 0 Å². The molecule has 260 valence electrons. The van der Waals surface area contributed by atoms with Crippen LogP contribution >= 0.6 is 0 Å². The fourth-order valence-corrected chi connectivity index (χ4v) is 9.60. The summed E-state index contributed by atoms with van der Waals surface area (Å²) in [5.74, 6) is 0.262. The molecule has 3 aliphatic rings. The van der Waals surface area contributed by atoms with Gasteiger partial charge in [-0.3, -0.25) is 15.5 Å². The van der Waals surface area contributed by atoms with Gasteiger partial charge in [0.15, 0.2) is 0 Å². The van der Waals surface area contributed by atoms with Crippen LogP contribution < -0.4 is 21.0 Å². The van der Waals surface area contributed by atoms with Crippen molar-refractivity contribution >= 4 is 10.0 Å². The van der Waals surface area contributed by atoms with Gasteiger partial charge in [0.25, 0.3) is 0 Å². The average Bonchev–Trinajstić information content (AvgIpc) is 3.03. The van der Waals surface area contributed by atoms with Crippen molar-refractivity contribution in [2.75, 3.05) is 13.2 Å². The molecule has 11 heteroatoms. The Morgan fingerprint density at radius 3 is 2.42 bits per heavy atom. The standard InChI is InChI=1S/C37H52N6O4S/c1-24-8-6-9-25(2)34(24)32-17-33-41-35(40-32)42-48(45,46)31-11-7-10-27(16-31)22-43(30(23-47-33)18-37(3,4)5)21-26-12-14-28(15-13-26)29-19-38-36(44)39-20-29/h6,8-9,12-15,19-20,27,30-33,35,40-42H,7,10-11,16-18,21-23H2,1-5H3,(H,38,39,44)/t27?,30-,31?,32?,33?,35?/m1/s1. The molecule has 3 fully saturated rings. The number of hydrogen-bond donors (Lipinski definition) is 4. The molecule has 0 spiro atoms. The summed E-state index contributed by atoms with van der Waals surface area (Å²) in [5.41, 5.74) is 6.29. The lowest BCUT2D eigenvalue weighted by molar-refractivity contribution is -0.0515. The second-order valence-electron chi connectivity index (χ2n) is 15.4. The van der Waals surface area contributed by atoms with E-state index in [2.05, 4.69) is 107 Å². The number of sulfonamides is 1. The van der Waals surface area contributed by atoms with Gasteiger partial charge in [-0.2, -0.15) is 4.72 Å². The normalized spacial score (nSPS) is 28.5. The number of hydrogen-bond acceptors (Lipinski definition) is 8. The molecule has 2 aromatic carbocycles. The second-order valence-corrected chi connectivity index (χ2v) is 17.3. The van der Waals surface area contributed by atoms with E-state index in [1.807, 2.05) is 0 Å². The third-order valence-corrected chi connectivity index (χ3v) is 12.1. The number of aryl methyl sites for hydroxylation is 2. The summed E-state index contributed by atoms with van der Waals surface area (Å²) in [6.45, 7) is 13.2. The Balaban J connectivity index is 1.32. The van der Waals surface area contributed by atoms with E-state index in [-0.39, 0.29) is 35.3 Å². The molecule has 4 bridgehead atoms. The zero-order valence-electron chi connectivity index (χ0n) is 29.0. The number of nitrogens with zero attached hydrogens (tertiary/aromatic N) is 2. The lowest BCUT2D eigenvalue weighted by Gasteiger charge is -2.41. The van der Waals surface area contributed by atoms with Crippen molar-refractivity contribution in [2.45, 2.75) is 110 Å². The van der Waals surface area contributed by atoms with Crippen molar-refractivity contribution in [2.24, 2.45) is 11.3 Å². The maximum absolute atomic E-state index is 13.9. The Bertz CT molecular complexity index is 1680. The molecule has 48 heavy (non-hydrogen) atoms.